The van der Waals surface area contributed by atoms with Crippen molar-refractivity contribution in [2.24, 2.45) is 11.3 Å². The summed E-state index contributed by atoms with van der Waals surface area (Å²) in [5.74, 6) is 0.956. The monoisotopic (exact) mass is 234 g/mol. The van der Waals surface area contributed by atoms with Crippen LogP contribution in [0.3, 0.4) is 0 Å². The molecule has 0 bridgehead atoms. The van der Waals surface area contributed by atoms with Gasteiger partial charge in [0.05, 0.1) is 0 Å². The van der Waals surface area contributed by atoms with E-state index < -0.39 is 0 Å². The maximum Gasteiger partial charge on any atom is 0.0471 e. The molecule has 1 fully saturated rings. The number of rotatable bonds is 6. The number of ether oxygens (including phenoxy) is 1. The van der Waals surface area contributed by atoms with Crippen LogP contribution in [0.15, 0.2) is 0 Å². The Morgan fingerprint density at radius 2 is 2.17 bits per heavy atom. The Balaban J connectivity index is 2.23. The van der Waals surface area contributed by atoms with Gasteiger partial charge in [-0.3, -0.25) is 0 Å². The Morgan fingerprint density at radius 1 is 1.50 bits per heavy atom. The first-order chi connectivity index (χ1) is 5.73. The molecule has 0 aliphatic heterocycles. The molecule has 0 aromatic carbocycles. The molecule has 0 aromatic heterocycles. The second-order valence-electron chi connectivity index (χ2n) is 4.01. The Hall–Kier alpha value is 0.440. The molecular formula is C10H19BrO. The summed E-state index contributed by atoms with van der Waals surface area (Å²) in [5, 5.41) is 1.12. The molecule has 0 radical (unpaired) electrons. The third-order valence-corrected chi connectivity index (χ3v) is 4.17. The average Bonchev–Trinajstić information content (AvgIpc) is 2.87. The highest BCUT2D eigenvalue weighted by molar-refractivity contribution is 9.09. The van der Waals surface area contributed by atoms with Crippen LogP contribution in [-0.2, 0) is 4.74 Å². The van der Waals surface area contributed by atoms with Crippen molar-refractivity contribution >= 4 is 15.9 Å². The molecular weight excluding hydrogens is 216 g/mol. The summed E-state index contributed by atoms with van der Waals surface area (Å²) in [6.07, 6.45) is 4.05. The fraction of sp³-hybridized carbons (Fsp3) is 1.00. The zero-order valence-corrected chi connectivity index (χ0v) is 9.69. The molecule has 1 rings (SSSR count). The third kappa shape index (κ3) is 2.74. The van der Waals surface area contributed by atoms with E-state index in [4.69, 9.17) is 4.74 Å². The van der Waals surface area contributed by atoms with Crippen LogP contribution in [0.4, 0.5) is 0 Å². The van der Waals surface area contributed by atoms with Gasteiger partial charge in [-0.05, 0) is 37.5 Å². The Bertz CT molecular complexity index is 134. The first kappa shape index (κ1) is 10.5. The van der Waals surface area contributed by atoms with Crippen molar-refractivity contribution in [3.8, 4) is 0 Å². The normalized spacial score (nSPS) is 22.2. The first-order valence-corrected chi connectivity index (χ1v) is 5.99. The molecule has 1 aliphatic rings. The predicted molar refractivity (Wildman–Crippen MR) is 55.7 cm³/mol. The van der Waals surface area contributed by atoms with Crippen LogP contribution in [0.5, 0.6) is 0 Å². The van der Waals surface area contributed by atoms with E-state index in [2.05, 4.69) is 29.8 Å². The summed E-state index contributed by atoms with van der Waals surface area (Å²) in [5.41, 5.74) is 0.495. The number of hydrogen-bond acceptors (Lipinski definition) is 1. The molecule has 0 amide bonds. The van der Waals surface area contributed by atoms with E-state index in [0.29, 0.717) is 5.41 Å². The van der Waals surface area contributed by atoms with Crippen LogP contribution < -0.4 is 0 Å². The lowest BCUT2D eigenvalue weighted by Crippen LogP contribution is -2.23. The van der Waals surface area contributed by atoms with Crippen molar-refractivity contribution in [3.05, 3.63) is 0 Å². The number of hydrogen-bond donors (Lipinski definition) is 0. The van der Waals surface area contributed by atoms with Gasteiger partial charge in [0, 0.05) is 18.5 Å². The second kappa shape index (κ2) is 4.61. The summed E-state index contributed by atoms with van der Waals surface area (Å²) in [4.78, 5) is 0. The van der Waals surface area contributed by atoms with Crippen molar-refractivity contribution in [1.29, 1.82) is 0 Å². The minimum Gasteiger partial charge on any atom is -0.382 e. The predicted octanol–water partition coefficient (Wildman–Crippen LogP) is 3.22. The molecule has 12 heavy (non-hydrogen) atoms. The highest BCUT2D eigenvalue weighted by Gasteiger charge is 2.40. The minimum atomic E-state index is 0.495. The van der Waals surface area contributed by atoms with E-state index in [0.717, 1.165) is 24.5 Å². The molecule has 72 valence electrons. The van der Waals surface area contributed by atoms with E-state index in [-0.39, 0.29) is 0 Å². The van der Waals surface area contributed by atoms with Gasteiger partial charge in [0.25, 0.3) is 0 Å². The highest BCUT2D eigenvalue weighted by Crippen LogP contribution is 2.48. The lowest BCUT2D eigenvalue weighted by molar-refractivity contribution is 0.109. The smallest absolute Gasteiger partial charge is 0.0471 e. The summed E-state index contributed by atoms with van der Waals surface area (Å²) in [6, 6.07) is 0. The molecule has 1 nitrogen and oxygen atoms in total. The van der Waals surface area contributed by atoms with Crippen LogP contribution in [-0.4, -0.2) is 18.5 Å². The molecule has 0 heterocycles. The Labute approximate surface area is 84.0 Å². The fourth-order valence-corrected chi connectivity index (χ4v) is 2.35. The maximum absolute atomic E-state index is 5.39. The largest absolute Gasteiger partial charge is 0.382 e. The average molecular weight is 235 g/mol. The van der Waals surface area contributed by atoms with Crippen LogP contribution in [0.2, 0.25) is 0 Å². The summed E-state index contributed by atoms with van der Waals surface area (Å²) < 4.78 is 5.39. The van der Waals surface area contributed by atoms with Gasteiger partial charge in [-0.15, -0.1) is 0 Å². The summed E-state index contributed by atoms with van der Waals surface area (Å²) >= 11 is 3.61. The van der Waals surface area contributed by atoms with Crippen LogP contribution in [0.1, 0.15) is 33.1 Å². The molecule has 0 spiro atoms. The number of alkyl halides is 1. The molecule has 0 aromatic rings. The molecule has 1 atom stereocenters. The van der Waals surface area contributed by atoms with Crippen molar-refractivity contribution in [1.82, 2.24) is 0 Å². The van der Waals surface area contributed by atoms with E-state index >= 15 is 0 Å². The minimum absolute atomic E-state index is 0.495. The molecule has 0 saturated heterocycles. The third-order valence-electron chi connectivity index (χ3n) is 2.89. The van der Waals surface area contributed by atoms with Gasteiger partial charge in [-0.25, -0.2) is 0 Å². The van der Waals surface area contributed by atoms with Gasteiger partial charge in [-0.2, -0.15) is 0 Å². The second-order valence-corrected chi connectivity index (χ2v) is 4.57. The van der Waals surface area contributed by atoms with E-state index in [9.17, 15) is 0 Å². The standard InChI is InChI=1S/C10H19BrO/c1-3-12-7-6-10(2,8-11)9-4-5-9/h9H,3-8H2,1-2H3. The van der Waals surface area contributed by atoms with Gasteiger partial charge in [-0.1, -0.05) is 22.9 Å². The quantitative estimate of drug-likeness (QED) is 0.507. The molecule has 2 heteroatoms. The molecule has 1 aliphatic carbocycles. The zero-order chi connectivity index (χ0) is 9.03. The number of halogens is 1. The lowest BCUT2D eigenvalue weighted by atomic mass is 9.84. The lowest BCUT2D eigenvalue weighted by Gasteiger charge is -2.26. The van der Waals surface area contributed by atoms with Gasteiger partial charge in [0.1, 0.15) is 0 Å². The summed E-state index contributed by atoms with van der Waals surface area (Å²) in [7, 11) is 0. The van der Waals surface area contributed by atoms with E-state index in [1.807, 2.05) is 0 Å². The van der Waals surface area contributed by atoms with E-state index in [1.54, 1.807) is 0 Å². The topological polar surface area (TPSA) is 9.23 Å². The molecule has 1 saturated carbocycles. The van der Waals surface area contributed by atoms with Gasteiger partial charge < -0.3 is 4.74 Å². The van der Waals surface area contributed by atoms with Crippen LogP contribution >= 0.6 is 15.9 Å². The Morgan fingerprint density at radius 3 is 2.58 bits per heavy atom. The van der Waals surface area contributed by atoms with Gasteiger partial charge in [0.15, 0.2) is 0 Å². The molecule has 0 N–H and O–H groups in total. The Kier molecular flexibility index (Phi) is 4.04. The van der Waals surface area contributed by atoms with Crippen molar-refractivity contribution in [2.75, 3.05) is 18.5 Å². The van der Waals surface area contributed by atoms with E-state index in [1.165, 1.54) is 19.3 Å². The van der Waals surface area contributed by atoms with Crippen molar-refractivity contribution in [2.45, 2.75) is 33.1 Å². The first-order valence-electron chi connectivity index (χ1n) is 4.86. The van der Waals surface area contributed by atoms with Crippen LogP contribution in [0.25, 0.3) is 0 Å². The van der Waals surface area contributed by atoms with Crippen LogP contribution in [0, 0.1) is 11.3 Å². The maximum atomic E-state index is 5.39. The van der Waals surface area contributed by atoms with Gasteiger partial charge in [0.2, 0.25) is 0 Å². The van der Waals surface area contributed by atoms with Crippen molar-refractivity contribution < 1.29 is 4.74 Å². The van der Waals surface area contributed by atoms with Gasteiger partial charge >= 0.3 is 0 Å². The molecule has 1 unspecified atom stereocenters. The SMILES string of the molecule is CCOCCC(C)(CBr)C1CC1. The van der Waals surface area contributed by atoms with Crippen molar-refractivity contribution in [3.63, 3.8) is 0 Å². The zero-order valence-electron chi connectivity index (χ0n) is 8.11. The fourth-order valence-electron chi connectivity index (χ4n) is 1.61. The highest BCUT2D eigenvalue weighted by atomic mass is 79.9. The summed E-state index contributed by atoms with van der Waals surface area (Å²) in [6.45, 7) is 6.21.